The molecule has 0 N–H and O–H groups in total. The highest BCUT2D eigenvalue weighted by molar-refractivity contribution is 7.24. The number of hydrogen-bond donors (Lipinski definition) is 0. The second-order valence-electron chi connectivity index (χ2n) is 18.6. The van der Waals surface area contributed by atoms with Crippen LogP contribution in [0.1, 0.15) is 123 Å². The Kier molecular flexibility index (Phi) is 15.3. The molecule has 0 spiro atoms. The Morgan fingerprint density at radius 3 is 1.01 bits per heavy atom. The third-order valence-corrected chi connectivity index (χ3v) is 18.4. The number of benzene rings is 6. The van der Waals surface area contributed by atoms with Crippen molar-refractivity contribution in [3.8, 4) is 40.4 Å². The van der Waals surface area contributed by atoms with Crippen LogP contribution < -0.4 is 0 Å². The van der Waals surface area contributed by atoms with Gasteiger partial charge in [0.1, 0.15) is 0 Å². The standard InChI is InChI=1S/C64H62S4/c1-3-5-7-9-11-13-15-55-33-35-59(65-55)61-39-37-57(67-61)49-25-21-45(22-26-49)17-19-47-41-51-29-31-53-43-48(44-54-32-30-52(42-47)63(51)64(53)54)20-18-46-23-27-50(28-24-46)58-38-40-62(68-58)60-36-34-56(66-60)16-14-12-10-8-6-4-2/h17-44H,3-16H2,1-2H3. The minimum atomic E-state index is 1.21. The van der Waals surface area contributed by atoms with Gasteiger partial charge in [0, 0.05) is 39.0 Å². The van der Waals surface area contributed by atoms with E-state index in [0.717, 1.165) is 0 Å². The molecule has 6 aromatic carbocycles. The van der Waals surface area contributed by atoms with Crippen LogP contribution in [0.5, 0.6) is 0 Å². The SMILES string of the molecule is CCCCCCCCc1ccc(-c2ccc(-c3ccc(C=Cc4cc5ccc6cc(C=Cc7ccc(-c8ccc(-c9ccc(CCCCCCCC)s9)s8)cc7)cc7ccc(c4)c5c67)cc3)s2)s1. The van der Waals surface area contributed by atoms with Crippen LogP contribution in [0.15, 0.2) is 146 Å². The number of thiophene rings is 4. The highest BCUT2D eigenvalue weighted by Crippen LogP contribution is 2.41. The lowest BCUT2D eigenvalue weighted by Crippen LogP contribution is -1.86. The van der Waals surface area contributed by atoms with Crippen molar-refractivity contribution in [1.82, 2.24) is 0 Å². The summed E-state index contributed by atoms with van der Waals surface area (Å²) in [6, 6.07) is 55.2. The van der Waals surface area contributed by atoms with E-state index in [4.69, 9.17) is 0 Å². The maximum atomic E-state index is 2.35. The summed E-state index contributed by atoms with van der Waals surface area (Å²) < 4.78 is 0. The van der Waals surface area contributed by atoms with Gasteiger partial charge in [-0.15, -0.1) is 45.3 Å². The van der Waals surface area contributed by atoms with Gasteiger partial charge in [-0.3, -0.25) is 0 Å². The molecule has 0 atom stereocenters. The van der Waals surface area contributed by atoms with E-state index in [1.54, 1.807) is 0 Å². The predicted molar refractivity (Wildman–Crippen MR) is 308 cm³/mol. The van der Waals surface area contributed by atoms with Crippen LogP contribution in [-0.2, 0) is 12.8 Å². The van der Waals surface area contributed by atoms with Gasteiger partial charge in [-0.05, 0) is 164 Å². The van der Waals surface area contributed by atoms with E-state index in [1.165, 1.54) is 195 Å². The van der Waals surface area contributed by atoms with Gasteiger partial charge in [0.25, 0.3) is 0 Å². The highest BCUT2D eigenvalue weighted by atomic mass is 32.1. The maximum absolute atomic E-state index is 2.35. The Labute approximate surface area is 420 Å². The fraction of sp³-hybridized carbons (Fsp3) is 0.250. The van der Waals surface area contributed by atoms with Gasteiger partial charge in [0.05, 0.1) is 0 Å². The first-order chi connectivity index (χ1) is 33.6. The van der Waals surface area contributed by atoms with Crippen LogP contribution in [0.3, 0.4) is 0 Å². The molecule has 0 saturated carbocycles. The monoisotopic (exact) mass is 958 g/mol. The molecule has 10 aromatic rings. The molecule has 0 aliphatic heterocycles. The quantitative estimate of drug-likeness (QED) is 0.0361. The van der Waals surface area contributed by atoms with Gasteiger partial charge in [-0.25, -0.2) is 0 Å². The Morgan fingerprint density at radius 2 is 0.618 bits per heavy atom. The average Bonchev–Trinajstić information content (AvgIpc) is 4.23. The van der Waals surface area contributed by atoms with Gasteiger partial charge in [-0.1, -0.05) is 175 Å². The lowest BCUT2D eigenvalue weighted by molar-refractivity contribution is 0.609. The molecule has 0 fully saturated rings. The Balaban J connectivity index is 0.759. The minimum absolute atomic E-state index is 1.21. The van der Waals surface area contributed by atoms with Crippen molar-refractivity contribution in [2.24, 2.45) is 0 Å². The number of aryl methyl sites for hydroxylation is 2. The average molecular weight is 959 g/mol. The van der Waals surface area contributed by atoms with Crippen LogP contribution >= 0.6 is 45.3 Å². The highest BCUT2D eigenvalue weighted by Gasteiger charge is 2.12. The molecule has 0 saturated heterocycles. The van der Waals surface area contributed by atoms with Gasteiger partial charge in [0.15, 0.2) is 0 Å². The van der Waals surface area contributed by atoms with Crippen molar-refractivity contribution in [2.45, 2.75) is 104 Å². The zero-order chi connectivity index (χ0) is 46.1. The third-order valence-electron chi connectivity index (χ3n) is 13.5. The van der Waals surface area contributed by atoms with Crippen LogP contribution in [0, 0.1) is 0 Å². The first kappa shape index (κ1) is 46.4. The molecule has 4 heteroatoms. The van der Waals surface area contributed by atoms with E-state index in [2.05, 4.69) is 184 Å². The van der Waals surface area contributed by atoms with E-state index in [9.17, 15) is 0 Å². The summed E-state index contributed by atoms with van der Waals surface area (Å²) in [6.07, 6.45) is 27.7. The normalized spacial score (nSPS) is 12.1. The fourth-order valence-corrected chi connectivity index (χ4v) is 14.0. The van der Waals surface area contributed by atoms with E-state index in [-0.39, 0.29) is 0 Å². The summed E-state index contributed by atoms with van der Waals surface area (Å²) in [5.41, 5.74) is 7.42. The summed E-state index contributed by atoms with van der Waals surface area (Å²) in [6.45, 7) is 4.58. The summed E-state index contributed by atoms with van der Waals surface area (Å²) in [5.74, 6) is 0. The molecular formula is C64H62S4. The maximum Gasteiger partial charge on any atom is 0.0449 e. The third kappa shape index (κ3) is 11.2. The van der Waals surface area contributed by atoms with Crippen molar-refractivity contribution in [3.63, 3.8) is 0 Å². The molecule has 0 aliphatic rings. The van der Waals surface area contributed by atoms with E-state index < -0.39 is 0 Å². The number of rotatable bonds is 22. The molecule has 0 bridgehead atoms. The first-order valence-electron chi connectivity index (χ1n) is 25.2. The largest absolute Gasteiger partial charge is 0.139 e. The van der Waals surface area contributed by atoms with Gasteiger partial charge >= 0.3 is 0 Å². The van der Waals surface area contributed by atoms with Crippen LogP contribution in [0.25, 0.3) is 97.0 Å². The Bertz CT molecular complexity index is 2960. The molecule has 4 heterocycles. The molecular weight excluding hydrogens is 897 g/mol. The minimum Gasteiger partial charge on any atom is -0.139 e. The summed E-state index contributed by atoms with van der Waals surface area (Å²) in [5, 5.41) is 7.85. The van der Waals surface area contributed by atoms with Crippen LogP contribution in [-0.4, -0.2) is 0 Å². The van der Waals surface area contributed by atoms with Crippen molar-refractivity contribution in [3.05, 3.63) is 178 Å². The lowest BCUT2D eigenvalue weighted by Gasteiger charge is -2.12. The number of unbranched alkanes of at least 4 members (excludes halogenated alkanes) is 10. The molecule has 342 valence electrons. The molecule has 0 unspecified atom stereocenters. The topological polar surface area (TPSA) is 0 Å². The first-order valence-corrected chi connectivity index (χ1v) is 28.5. The van der Waals surface area contributed by atoms with Crippen molar-refractivity contribution in [1.29, 1.82) is 0 Å². The zero-order valence-corrected chi connectivity index (χ0v) is 43.0. The second kappa shape index (κ2) is 22.4. The molecule has 0 nitrogen and oxygen atoms in total. The lowest BCUT2D eigenvalue weighted by atomic mass is 9.91. The van der Waals surface area contributed by atoms with Crippen molar-refractivity contribution >= 4 is 102 Å². The smallest absolute Gasteiger partial charge is 0.0449 e. The van der Waals surface area contributed by atoms with E-state index in [0.29, 0.717) is 0 Å². The molecule has 0 amide bonds. The van der Waals surface area contributed by atoms with Gasteiger partial charge < -0.3 is 0 Å². The molecule has 68 heavy (non-hydrogen) atoms. The van der Waals surface area contributed by atoms with Crippen LogP contribution in [0.4, 0.5) is 0 Å². The van der Waals surface area contributed by atoms with E-state index >= 15 is 0 Å². The predicted octanol–water partition coefficient (Wildman–Crippen LogP) is 21.6. The Morgan fingerprint density at radius 1 is 0.294 bits per heavy atom. The molecule has 0 aliphatic carbocycles. The number of hydrogen-bond acceptors (Lipinski definition) is 4. The van der Waals surface area contributed by atoms with Crippen molar-refractivity contribution < 1.29 is 0 Å². The van der Waals surface area contributed by atoms with Crippen LogP contribution in [0.2, 0.25) is 0 Å². The van der Waals surface area contributed by atoms with Gasteiger partial charge in [-0.2, -0.15) is 0 Å². The fourth-order valence-electron chi connectivity index (χ4n) is 9.68. The summed E-state index contributed by atoms with van der Waals surface area (Å²) >= 11 is 7.76. The zero-order valence-electron chi connectivity index (χ0n) is 39.7. The second-order valence-corrected chi connectivity index (χ2v) is 23.1. The summed E-state index contributed by atoms with van der Waals surface area (Å²) in [4.78, 5) is 11.2. The van der Waals surface area contributed by atoms with E-state index in [1.807, 2.05) is 45.3 Å². The molecule has 0 radical (unpaired) electrons. The Hall–Kier alpha value is -5.36. The summed E-state index contributed by atoms with van der Waals surface area (Å²) in [7, 11) is 0. The molecule has 10 rings (SSSR count). The molecule has 4 aromatic heterocycles. The van der Waals surface area contributed by atoms with Crippen molar-refractivity contribution in [2.75, 3.05) is 0 Å². The van der Waals surface area contributed by atoms with Gasteiger partial charge in [0.2, 0.25) is 0 Å².